The fourth-order valence-corrected chi connectivity index (χ4v) is 2.80. The van der Waals surface area contributed by atoms with Crippen molar-refractivity contribution in [2.75, 3.05) is 0 Å². The smallest absolute Gasteiger partial charge is 0.269 e. The lowest BCUT2D eigenvalue weighted by atomic mass is 10.1. The number of nitrogens with one attached hydrogen (secondary N) is 2. The van der Waals surface area contributed by atoms with Gasteiger partial charge in [0.1, 0.15) is 0 Å². The summed E-state index contributed by atoms with van der Waals surface area (Å²) in [6.07, 6.45) is 1.71. The van der Waals surface area contributed by atoms with Crippen molar-refractivity contribution < 1.29 is 9.59 Å². The van der Waals surface area contributed by atoms with Gasteiger partial charge in [-0.1, -0.05) is 30.0 Å². The molecule has 0 unspecified atom stereocenters. The van der Waals surface area contributed by atoms with Crippen LogP contribution in [0.2, 0.25) is 0 Å². The summed E-state index contributed by atoms with van der Waals surface area (Å²) in [5, 5.41) is 12.5. The van der Waals surface area contributed by atoms with E-state index < -0.39 is 11.6 Å². The zero-order valence-electron chi connectivity index (χ0n) is 11.3. The number of carbonyl (C=O) groups excluding carboxylic acids is 2. The lowest BCUT2D eigenvalue weighted by molar-refractivity contribution is -0.114. The van der Waals surface area contributed by atoms with Crippen LogP contribution >= 0.6 is 11.8 Å². The summed E-state index contributed by atoms with van der Waals surface area (Å²) >= 11 is 1.53. The molecule has 2 aromatic heterocycles. The van der Waals surface area contributed by atoms with Crippen LogP contribution in [0.5, 0.6) is 0 Å². The Morgan fingerprint density at radius 2 is 1.95 bits per heavy atom. The van der Waals surface area contributed by atoms with E-state index in [2.05, 4.69) is 25.6 Å². The molecular weight excluding hydrogens is 302 g/mol. The van der Waals surface area contributed by atoms with Gasteiger partial charge in [0.2, 0.25) is 11.6 Å². The Morgan fingerprint density at radius 1 is 1.14 bits per heavy atom. The maximum Gasteiger partial charge on any atom is 0.269 e. The first-order valence-corrected chi connectivity index (χ1v) is 7.26. The number of hydrogen-bond acceptors (Lipinski definition) is 6. The van der Waals surface area contributed by atoms with Gasteiger partial charge in [-0.15, -0.1) is 10.2 Å². The van der Waals surface area contributed by atoms with E-state index in [4.69, 9.17) is 0 Å². The van der Waals surface area contributed by atoms with Gasteiger partial charge in [-0.2, -0.15) is 5.21 Å². The third kappa shape index (κ3) is 3.12. The summed E-state index contributed by atoms with van der Waals surface area (Å²) in [5.74, 6) is -1.55. The zero-order valence-corrected chi connectivity index (χ0v) is 12.1. The van der Waals surface area contributed by atoms with Gasteiger partial charge in [-0.25, -0.2) is 0 Å². The summed E-state index contributed by atoms with van der Waals surface area (Å²) in [5.41, 5.74) is 0.690. The maximum atomic E-state index is 12.0. The van der Waals surface area contributed by atoms with Gasteiger partial charge < -0.3 is 4.98 Å². The first-order chi connectivity index (χ1) is 10.7. The number of ketones is 2. The number of nitrogens with zero attached hydrogens (tertiary/aromatic N) is 3. The predicted octanol–water partition coefficient (Wildman–Crippen LogP) is 1.67. The van der Waals surface area contributed by atoms with Crippen LogP contribution in [-0.2, 0) is 11.2 Å². The first kappa shape index (κ1) is 14.2. The van der Waals surface area contributed by atoms with Crippen LogP contribution in [0.15, 0.2) is 52.4 Å². The van der Waals surface area contributed by atoms with E-state index in [1.807, 2.05) is 36.4 Å². The SMILES string of the molecule is O=C(Cc1[nH]ccc1Sc1ccccc1)C(=O)c1nn[nH]n1. The molecule has 0 aliphatic rings. The van der Waals surface area contributed by atoms with Crippen molar-refractivity contribution in [1.29, 1.82) is 0 Å². The third-order valence-electron chi connectivity index (χ3n) is 2.90. The van der Waals surface area contributed by atoms with Gasteiger partial charge in [0, 0.05) is 21.7 Å². The van der Waals surface area contributed by atoms with Crippen molar-refractivity contribution in [2.45, 2.75) is 16.2 Å². The molecule has 22 heavy (non-hydrogen) atoms. The molecule has 0 saturated carbocycles. The predicted molar refractivity (Wildman–Crippen MR) is 78.6 cm³/mol. The van der Waals surface area contributed by atoms with Gasteiger partial charge in [0.15, 0.2) is 0 Å². The summed E-state index contributed by atoms with van der Waals surface area (Å²) in [6.45, 7) is 0. The lowest BCUT2D eigenvalue weighted by Crippen LogP contribution is -2.18. The van der Waals surface area contributed by atoms with Crippen LogP contribution in [-0.4, -0.2) is 37.2 Å². The Morgan fingerprint density at radius 3 is 2.68 bits per heavy atom. The highest BCUT2D eigenvalue weighted by molar-refractivity contribution is 7.99. The van der Waals surface area contributed by atoms with Crippen LogP contribution in [0.1, 0.15) is 16.3 Å². The summed E-state index contributed by atoms with van der Waals surface area (Å²) < 4.78 is 0. The van der Waals surface area contributed by atoms with E-state index in [1.165, 1.54) is 11.8 Å². The second kappa shape index (κ2) is 6.35. The lowest BCUT2D eigenvalue weighted by Gasteiger charge is -2.03. The Bertz CT molecular complexity index is 783. The minimum Gasteiger partial charge on any atom is -0.364 e. The third-order valence-corrected chi connectivity index (χ3v) is 4.01. The van der Waals surface area contributed by atoms with Crippen molar-refractivity contribution in [3.63, 3.8) is 0 Å². The van der Waals surface area contributed by atoms with E-state index >= 15 is 0 Å². The average Bonchev–Trinajstić information content (AvgIpc) is 3.20. The highest BCUT2D eigenvalue weighted by Crippen LogP contribution is 2.30. The second-order valence-corrected chi connectivity index (χ2v) is 5.52. The Kier molecular flexibility index (Phi) is 4.10. The molecule has 0 atom stereocenters. The van der Waals surface area contributed by atoms with E-state index in [9.17, 15) is 9.59 Å². The molecule has 0 fully saturated rings. The summed E-state index contributed by atoms with van der Waals surface area (Å²) in [7, 11) is 0. The van der Waals surface area contributed by atoms with Crippen LogP contribution in [0, 0.1) is 0 Å². The topological polar surface area (TPSA) is 104 Å². The normalized spacial score (nSPS) is 10.5. The fraction of sp³-hybridized carbons (Fsp3) is 0.0714. The summed E-state index contributed by atoms with van der Waals surface area (Å²) in [6, 6.07) is 11.7. The van der Waals surface area contributed by atoms with E-state index in [0.717, 1.165) is 9.79 Å². The molecule has 2 heterocycles. The molecule has 3 rings (SSSR count). The molecule has 0 amide bonds. The van der Waals surface area contributed by atoms with Crippen LogP contribution < -0.4 is 0 Å². The molecule has 2 N–H and O–H groups in total. The second-order valence-electron chi connectivity index (χ2n) is 4.40. The number of benzene rings is 1. The first-order valence-electron chi connectivity index (χ1n) is 6.44. The van der Waals surface area contributed by atoms with Gasteiger partial charge >= 0.3 is 0 Å². The summed E-state index contributed by atoms with van der Waals surface area (Å²) in [4.78, 5) is 28.8. The van der Waals surface area contributed by atoms with Gasteiger partial charge in [0.25, 0.3) is 5.78 Å². The number of aromatic amines is 2. The molecule has 0 spiro atoms. The molecule has 8 heteroatoms. The molecule has 0 saturated heterocycles. The standard InChI is InChI=1S/C14H11N5O2S/c20-11(13(21)14-16-18-19-17-14)8-10-12(6-7-15-10)22-9-4-2-1-3-5-9/h1-7,15H,8H2,(H,16,17,18,19). The van der Waals surface area contributed by atoms with Crippen LogP contribution in [0.3, 0.4) is 0 Å². The number of H-pyrrole nitrogens is 2. The number of rotatable bonds is 6. The Labute approximate surface area is 129 Å². The fourth-order valence-electron chi connectivity index (χ4n) is 1.86. The van der Waals surface area contributed by atoms with Crippen molar-refractivity contribution in [1.82, 2.24) is 25.6 Å². The van der Waals surface area contributed by atoms with Crippen molar-refractivity contribution >= 4 is 23.3 Å². The number of tetrazole rings is 1. The highest BCUT2D eigenvalue weighted by atomic mass is 32.2. The van der Waals surface area contributed by atoms with E-state index in [1.54, 1.807) is 6.20 Å². The molecule has 0 radical (unpaired) electrons. The molecule has 110 valence electrons. The van der Waals surface area contributed by atoms with E-state index in [0.29, 0.717) is 5.69 Å². The Hall–Kier alpha value is -2.74. The number of aromatic nitrogens is 5. The van der Waals surface area contributed by atoms with E-state index in [-0.39, 0.29) is 12.2 Å². The zero-order chi connectivity index (χ0) is 15.4. The largest absolute Gasteiger partial charge is 0.364 e. The molecule has 3 aromatic rings. The van der Waals surface area contributed by atoms with Crippen molar-refractivity contribution in [3.05, 3.63) is 54.1 Å². The minimum atomic E-state index is -0.751. The molecule has 1 aromatic carbocycles. The highest BCUT2D eigenvalue weighted by Gasteiger charge is 2.22. The average molecular weight is 313 g/mol. The minimum absolute atomic E-state index is 0.0322. The molecule has 7 nitrogen and oxygen atoms in total. The molecule has 0 aliphatic carbocycles. The van der Waals surface area contributed by atoms with Crippen LogP contribution in [0.25, 0.3) is 0 Å². The molecule has 0 aliphatic heterocycles. The molecule has 0 bridgehead atoms. The quantitative estimate of drug-likeness (QED) is 0.530. The van der Waals surface area contributed by atoms with Crippen LogP contribution in [0.4, 0.5) is 0 Å². The number of Topliss-reactive ketones (excluding diaryl/α,β-unsaturated/α-hetero) is 2. The van der Waals surface area contributed by atoms with Gasteiger partial charge in [-0.05, 0) is 23.4 Å². The number of carbonyl (C=O) groups is 2. The molecular formula is C14H11N5O2S. The number of hydrogen-bond donors (Lipinski definition) is 2. The Balaban J connectivity index is 1.72. The maximum absolute atomic E-state index is 12.0. The van der Waals surface area contributed by atoms with Crippen molar-refractivity contribution in [3.8, 4) is 0 Å². The van der Waals surface area contributed by atoms with Gasteiger partial charge in [0.05, 0.1) is 6.42 Å². The van der Waals surface area contributed by atoms with Crippen molar-refractivity contribution in [2.24, 2.45) is 0 Å². The monoisotopic (exact) mass is 313 g/mol. The van der Waals surface area contributed by atoms with Gasteiger partial charge in [-0.3, -0.25) is 9.59 Å².